The molecule has 0 aliphatic rings. The molecule has 0 saturated carbocycles. The second-order valence-corrected chi connectivity index (χ2v) is 5.10. The van der Waals surface area contributed by atoms with Gasteiger partial charge < -0.3 is 27.2 Å². The Morgan fingerprint density at radius 2 is 1.70 bits per heavy atom. The molecule has 1 atom stereocenters. The minimum atomic E-state index is -0.434. The van der Waals surface area contributed by atoms with Crippen LogP contribution in [-0.4, -0.2) is 11.1 Å². The quantitative estimate of drug-likeness (QED) is 0.844. The minimum Gasteiger partial charge on any atom is -1.00 e. The molecule has 0 aliphatic carbocycles. The van der Waals surface area contributed by atoms with Crippen LogP contribution in [0.25, 0.3) is 11.3 Å². The average Bonchev–Trinajstić information content (AvgIpc) is 2.85. The standard InChI is InChI=1S/C16H21NO2.ClH/c1-11(2)17-10-15-8-9-16(19-15)14-6-4-13(5-7-14)12(3)18;/h4-9,11-12,17-18H,10H2,1-3H3;1H/p-1. The van der Waals surface area contributed by atoms with Crippen molar-refractivity contribution in [1.82, 2.24) is 5.32 Å². The number of rotatable bonds is 5. The Balaban J connectivity index is 0.00000200. The molecule has 0 amide bonds. The number of furan rings is 1. The maximum Gasteiger partial charge on any atom is 0.134 e. The summed E-state index contributed by atoms with van der Waals surface area (Å²) in [5.74, 6) is 1.79. The number of benzene rings is 1. The first-order valence-electron chi connectivity index (χ1n) is 6.67. The van der Waals surface area contributed by atoms with Gasteiger partial charge in [-0.25, -0.2) is 0 Å². The van der Waals surface area contributed by atoms with Crippen molar-refractivity contribution in [3.8, 4) is 11.3 Å². The summed E-state index contributed by atoms with van der Waals surface area (Å²) < 4.78 is 5.80. The topological polar surface area (TPSA) is 45.4 Å². The molecule has 2 aromatic rings. The summed E-state index contributed by atoms with van der Waals surface area (Å²) >= 11 is 0. The first-order valence-corrected chi connectivity index (χ1v) is 6.67. The highest BCUT2D eigenvalue weighted by Gasteiger charge is 2.06. The van der Waals surface area contributed by atoms with Crippen LogP contribution in [0.2, 0.25) is 0 Å². The molecule has 1 unspecified atom stereocenters. The van der Waals surface area contributed by atoms with E-state index in [1.165, 1.54) is 0 Å². The van der Waals surface area contributed by atoms with Crippen molar-refractivity contribution in [1.29, 1.82) is 0 Å². The molecule has 4 heteroatoms. The Morgan fingerprint density at radius 3 is 2.25 bits per heavy atom. The molecule has 20 heavy (non-hydrogen) atoms. The number of hydrogen-bond acceptors (Lipinski definition) is 3. The van der Waals surface area contributed by atoms with Crippen LogP contribution in [-0.2, 0) is 6.54 Å². The largest absolute Gasteiger partial charge is 1.00 e. The van der Waals surface area contributed by atoms with E-state index in [2.05, 4.69) is 19.2 Å². The lowest BCUT2D eigenvalue weighted by molar-refractivity contribution is -0.00000661. The molecule has 0 saturated heterocycles. The Morgan fingerprint density at radius 1 is 1.05 bits per heavy atom. The van der Waals surface area contributed by atoms with Crippen LogP contribution in [0.5, 0.6) is 0 Å². The third-order valence-electron chi connectivity index (χ3n) is 3.02. The summed E-state index contributed by atoms with van der Waals surface area (Å²) in [7, 11) is 0. The van der Waals surface area contributed by atoms with Gasteiger partial charge in [0, 0.05) is 11.6 Å². The summed E-state index contributed by atoms with van der Waals surface area (Å²) in [5.41, 5.74) is 1.94. The van der Waals surface area contributed by atoms with E-state index in [0.717, 1.165) is 29.2 Å². The van der Waals surface area contributed by atoms with Gasteiger partial charge in [0.05, 0.1) is 12.6 Å². The molecule has 1 aromatic carbocycles. The van der Waals surface area contributed by atoms with E-state index in [-0.39, 0.29) is 12.4 Å². The van der Waals surface area contributed by atoms with E-state index < -0.39 is 6.10 Å². The molecule has 0 bridgehead atoms. The fourth-order valence-corrected chi connectivity index (χ4v) is 1.86. The lowest BCUT2D eigenvalue weighted by Crippen LogP contribution is -3.00. The first kappa shape index (κ1) is 16.8. The van der Waals surface area contributed by atoms with Gasteiger partial charge in [-0.05, 0) is 24.6 Å². The second kappa shape index (κ2) is 7.48. The fourth-order valence-electron chi connectivity index (χ4n) is 1.86. The second-order valence-electron chi connectivity index (χ2n) is 5.10. The third kappa shape index (κ3) is 4.37. The summed E-state index contributed by atoms with van der Waals surface area (Å²) in [6, 6.07) is 12.2. The normalized spacial score (nSPS) is 12.2. The third-order valence-corrected chi connectivity index (χ3v) is 3.02. The molecule has 1 aromatic heterocycles. The highest BCUT2D eigenvalue weighted by molar-refractivity contribution is 5.58. The Hall–Kier alpha value is -1.29. The van der Waals surface area contributed by atoms with Crippen molar-refractivity contribution in [3.63, 3.8) is 0 Å². The molecule has 2 N–H and O–H groups in total. The summed E-state index contributed by atoms with van der Waals surface area (Å²) in [6.07, 6.45) is -0.434. The Labute approximate surface area is 126 Å². The number of aliphatic hydroxyl groups is 1. The van der Waals surface area contributed by atoms with Crippen molar-refractivity contribution in [2.75, 3.05) is 0 Å². The lowest BCUT2D eigenvalue weighted by atomic mass is 10.1. The predicted octanol–water partition coefficient (Wildman–Crippen LogP) is 0.502. The van der Waals surface area contributed by atoms with Crippen LogP contribution < -0.4 is 17.7 Å². The van der Waals surface area contributed by atoms with Gasteiger partial charge in [-0.1, -0.05) is 38.1 Å². The number of halogens is 1. The number of aliphatic hydroxyl groups excluding tert-OH is 1. The Bertz CT molecular complexity index is 518. The first-order chi connectivity index (χ1) is 9.06. The highest BCUT2D eigenvalue weighted by atomic mass is 35.5. The maximum atomic E-state index is 9.48. The summed E-state index contributed by atoms with van der Waals surface area (Å²) in [6.45, 7) is 6.72. The molecule has 0 radical (unpaired) electrons. The van der Waals surface area contributed by atoms with Gasteiger partial charge in [0.1, 0.15) is 11.5 Å². The van der Waals surface area contributed by atoms with Gasteiger partial charge in [-0.2, -0.15) is 0 Å². The zero-order valence-corrected chi connectivity index (χ0v) is 12.8. The SMILES string of the molecule is CC(C)NCc1ccc(-c2ccc(C(C)O)cc2)o1.[Cl-]. The fraction of sp³-hybridized carbons (Fsp3) is 0.375. The van der Waals surface area contributed by atoms with Crippen LogP contribution in [0, 0.1) is 0 Å². The molecule has 0 aliphatic heterocycles. The number of hydrogen-bond donors (Lipinski definition) is 2. The van der Waals surface area contributed by atoms with E-state index in [9.17, 15) is 5.11 Å². The zero-order chi connectivity index (χ0) is 13.8. The zero-order valence-electron chi connectivity index (χ0n) is 12.1. The molecule has 110 valence electrons. The predicted molar refractivity (Wildman–Crippen MR) is 76.8 cm³/mol. The van der Waals surface area contributed by atoms with Crippen molar-refractivity contribution in [2.24, 2.45) is 0 Å². The van der Waals surface area contributed by atoms with Crippen molar-refractivity contribution in [3.05, 3.63) is 47.7 Å². The molecular weight excluding hydrogens is 274 g/mol. The van der Waals surface area contributed by atoms with Crippen LogP contribution in [0.1, 0.15) is 38.2 Å². The van der Waals surface area contributed by atoms with Gasteiger partial charge >= 0.3 is 0 Å². The number of nitrogens with one attached hydrogen (secondary N) is 1. The van der Waals surface area contributed by atoms with E-state index in [4.69, 9.17) is 4.42 Å². The van der Waals surface area contributed by atoms with Gasteiger partial charge in [0.2, 0.25) is 0 Å². The minimum absolute atomic E-state index is 0. The highest BCUT2D eigenvalue weighted by Crippen LogP contribution is 2.24. The lowest BCUT2D eigenvalue weighted by Gasteiger charge is -2.06. The van der Waals surface area contributed by atoms with E-state index in [1.54, 1.807) is 6.92 Å². The molecule has 2 rings (SSSR count). The van der Waals surface area contributed by atoms with Crippen LogP contribution >= 0.6 is 0 Å². The van der Waals surface area contributed by atoms with Crippen molar-refractivity contribution in [2.45, 2.75) is 39.5 Å². The molecule has 3 nitrogen and oxygen atoms in total. The maximum absolute atomic E-state index is 9.48. The average molecular weight is 295 g/mol. The van der Waals surface area contributed by atoms with Gasteiger partial charge in [0.25, 0.3) is 0 Å². The van der Waals surface area contributed by atoms with Crippen LogP contribution in [0.15, 0.2) is 40.8 Å². The van der Waals surface area contributed by atoms with E-state index in [1.807, 2.05) is 36.4 Å². The molecule has 0 fully saturated rings. The van der Waals surface area contributed by atoms with Gasteiger partial charge in [0.15, 0.2) is 0 Å². The van der Waals surface area contributed by atoms with Gasteiger partial charge in [-0.15, -0.1) is 0 Å². The molecule has 0 spiro atoms. The van der Waals surface area contributed by atoms with Gasteiger partial charge in [-0.3, -0.25) is 0 Å². The van der Waals surface area contributed by atoms with Crippen LogP contribution in [0.4, 0.5) is 0 Å². The summed E-state index contributed by atoms with van der Waals surface area (Å²) in [5, 5.41) is 12.8. The monoisotopic (exact) mass is 294 g/mol. The molecular formula is C16H21ClNO2-. The Kier molecular flexibility index (Phi) is 6.27. The summed E-state index contributed by atoms with van der Waals surface area (Å²) in [4.78, 5) is 0. The van der Waals surface area contributed by atoms with E-state index >= 15 is 0 Å². The smallest absolute Gasteiger partial charge is 0.134 e. The van der Waals surface area contributed by atoms with E-state index in [0.29, 0.717) is 6.04 Å². The molecule has 1 heterocycles. The van der Waals surface area contributed by atoms with Crippen LogP contribution in [0.3, 0.4) is 0 Å². The van der Waals surface area contributed by atoms with Crippen molar-refractivity contribution < 1.29 is 21.9 Å². The van der Waals surface area contributed by atoms with Crippen molar-refractivity contribution >= 4 is 0 Å².